The fraction of sp³-hybridized carbons (Fsp3) is 0.471. The first-order valence-corrected chi connectivity index (χ1v) is 9.14. The van der Waals surface area contributed by atoms with Gasteiger partial charge in [0.2, 0.25) is 5.91 Å². The van der Waals surface area contributed by atoms with Gasteiger partial charge >= 0.3 is 0 Å². The summed E-state index contributed by atoms with van der Waals surface area (Å²) >= 11 is 1.45. The zero-order chi connectivity index (χ0) is 16.9. The van der Waals surface area contributed by atoms with E-state index >= 15 is 0 Å². The molecule has 24 heavy (non-hydrogen) atoms. The Morgan fingerprint density at radius 2 is 2.12 bits per heavy atom. The lowest BCUT2D eigenvalue weighted by Crippen LogP contribution is -2.35. The maximum absolute atomic E-state index is 12.2. The van der Waals surface area contributed by atoms with Crippen LogP contribution in [-0.2, 0) is 4.79 Å². The standard InChI is InChI=1S/C17H23N5OS/c1-21(2)15(13-6-4-3-5-7-13)10-18-16(23)11-24-17-20-19-12-22(17)14-8-9-14/h3-7,12,14-15H,8-11H2,1-2H3,(H,18,23)/t15-/m0/s1. The van der Waals surface area contributed by atoms with E-state index in [0.717, 1.165) is 5.16 Å². The molecule has 6 nitrogen and oxygen atoms in total. The third-order valence-corrected chi connectivity index (χ3v) is 5.07. The van der Waals surface area contributed by atoms with Crippen molar-refractivity contribution in [2.75, 3.05) is 26.4 Å². The van der Waals surface area contributed by atoms with Gasteiger partial charge in [0.05, 0.1) is 11.8 Å². The molecule has 1 heterocycles. The van der Waals surface area contributed by atoms with Gasteiger partial charge in [-0.25, -0.2) is 0 Å². The van der Waals surface area contributed by atoms with E-state index in [-0.39, 0.29) is 11.9 Å². The zero-order valence-corrected chi connectivity index (χ0v) is 14.9. The molecule has 1 aromatic heterocycles. The predicted molar refractivity (Wildman–Crippen MR) is 94.9 cm³/mol. The van der Waals surface area contributed by atoms with E-state index in [1.165, 1.54) is 30.2 Å². The van der Waals surface area contributed by atoms with Crippen molar-refractivity contribution in [2.24, 2.45) is 0 Å². The highest BCUT2D eigenvalue weighted by atomic mass is 32.2. The van der Waals surface area contributed by atoms with Gasteiger partial charge in [-0.15, -0.1) is 10.2 Å². The van der Waals surface area contributed by atoms with E-state index in [2.05, 4.69) is 37.1 Å². The number of carbonyl (C=O) groups excluding carboxylic acids is 1. The number of nitrogens with zero attached hydrogens (tertiary/aromatic N) is 4. The molecular weight excluding hydrogens is 322 g/mol. The minimum Gasteiger partial charge on any atom is -0.353 e. The van der Waals surface area contributed by atoms with E-state index in [9.17, 15) is 4.79 Å². The first kappa shape index (κ1) is 17.0. The molecule has 0 unspecified atom stereocenters. The van der Waals surface area contributed by atoms with Crippen molar-refractivity contribution < 1.29 is 4.79 Å². The summed E-state index contributed by atoms with van der Waals surface area (Å²) in [6.07, 6.45) is 4.12. The summed E-state index contributed by atoms with van der Waals surface area (Å²) < 4.78 is 2.07. The molecule has 2 aromatic rings. The summed E-state index contributed by atoms with van der Waals surface area (Å²) in [7, 11) is 4.05. The Hall–Kier alpha value is -1.86. The van der Waals surface area contributed by atoms with Crippen LogP contribution in [0.3, 0.4) is 0 Å². The molecule has 0 saturated heterocycles. The number of thioether (sulfide) groups is 1. The second-order valence-electron chi connectivity index (χ2n) is 6.23. The van der Waals surface area contributed by atoms with Gasteiger partial charge in [0, 0.05) is 12.6 Å². The first-order chi connectivity index (χ1) is 11.6. The topological polar surface area (TPSA) is 63.1 Å². The highest BCUT2D eigenvalue weighted by Crippen LogP contribution is 2.37. The number of hydrogen-bond acceptors (Lipinski definition) is 5. The normalized spacial score (nSPS) is 15.5. The lowest BCUT2D eigenvalue weighted by atomic mass is 10.1. The Balaban J connectivity index is 1.50. The van der Waals surface area contributed by atoms with Gasteiger partial charge < -0.3 is 14.8 Å². The molecular formula is C17H23N5OS. The largest absolute Gasteiger partial charge is 0.353 e. The van der Waals surface area contributed by atoms with Gasteiger partial charge in [0.15, 0.2) is 5.16 Å². The molecule has 1 aromatic carbocycles. The minimum absolute atomic E-state index is 0.0214. The van der Waals surface area contributed by atoms with E-state index in [0.29, 0.717) is 18.3 Å². The summed E-state index contributed by atoms with van der Waals surface area (Å²) in [6.45, 7) is 0.589. The molecule has 1 atom stereocenters. The molecule has 128 valence electrons. The summed E-state index contributed by atoms with van der Waals surface area (Å²) in [5, 5.41) is 11.9. The van der Waals surface area contributed by atoms with Crippen molar-refractivity contribution in [3.05, 3.63) is 42.2 Å². The Bertz CT molecular complexity index is 669. The van der Waals surface area contributed by atoms with Crippen LogP contribution in [0.25, 0.3) is 0 Å². The average molecular weight is 345 g/mol. The van der Waals surface area contributed by atoms with E-state index < -0.39 is 0 Å². The van der Waals surface area contributed by atoms with Crippen LogP contribution < -0.4 is 5.32 Å². The Labute approximate surface area is 146 Å². The van der Waals surface area contributed by atoms with Crippen LogP contribution in [0.2, 0.25) is 0 Å². The van der Waals surface area contributed by atoms with Crippen LogP contribution in [0.15, 0.2) is 41.8 Å². The zero-order valence-electron chi connectivity index (χ0n) is 14.1. The Kier molecular flexibility index (Phi) is 5.52. The van der Waals surface area contributed by atoms with Gasteiger partial charge in [0.25, 0.3) is 0 Å². The minimum atomic E-state index is 0.0214. The van der Waals surface area contributed by atoms with Gasteiger partial charge in [-0.05, 0) is 32.5 Å². The highest BCUT2D eigenvalue weighted by Gasteiger charge is 2.26. The SMILES string of the molecule is CN(C)[C@@H](CNC(=O)CSc1nncn1C1CC1)c1ccccc1. The quantitative estimate of drug-likeness (QED) is 0.743. The number of likely N-dealkylation sites (N-methyl/N-ethyl adjacent to an activating group) is 1. The number of nitrogens with one attached hydrogen (secondary N) is 1. The van der Waals surface area contributed by atoms with Crippen molar-refractivity contribution in [1.82, 2.24) is 25.0 Å². The summed E-state index contributed by atoms with van der Waals surface area (Å²) in [5.41, 5.74) is 1.20. The van der Waals surface area contributed by atoms with Crippen molar-refractivity contribution in [1.29, 1.82) is 0 Å². The van der Waals surface area contributed by atoms with Crippen molar-refractivity contribution in [3.8, 4) is 0 Å². The number of aromatic nitrogens is 3. The maximum atomic E-state index is 12.2. The number of rotatable bonds is 8. The van der Waals surface area contributed by atoms with Crippen molar-refractivity contribution >= 4 is 17.7 Å². The van der Waals surface area contributed by atoms with Crippen LogP contribution in [0.5, 0.6) is 0 Å². The maximum Gasteiger partial charge on any atom is 0.230 e. The van der Waals surface area contributed by atoms with Crippen LogP contribution in [0.1, 0.15) is 30.5 Å². The molecule has 3 rings (SSSR count). The lowest BCUT2D eigenvalue weighted by Gasteiger charge is -2.25. The molecule has 1 saturated carbocycles. The molecule has 0 radical (unpaired) electrons. The van der Waals surface area contributed by atoms with E-state index in [1.54, 1.807) is 6.33 Å². The Morgan fingerprint density at radius 1 is 1.38 bits per heavy atom. The predicted octanol–water partition coefficient (Wildman–Crippen LogP) is 2.12. The molecule has 0 spiro atoms. The van der Waals surface area contributed by atoms with Gasteiger partial charge in [0.1, 0.15) is 6.33 Å². The van der Waals surface area contributed by atoms with Crippen molar-refractivity contribution in [3.63, 3.8) is 0 Å². The Morgan fingerprint density at radius 3 is 2.79 bits per heavy atom. The summed E-state index contributed by atoms with van der Waals surface area (Å²) in [5.74, 6) is 0.383. The van der Waals surface area contributed by atoms with E-state index in [4.69, 9.17) is 0 Å². The monoisotopic (exact) mass is 345 g/mol. The van der Waals surface area contributed by atoms with Crippen LogP contribution in [0.4, 0.5) is 0 Å². The molecule has 1 amide bonds. The van der Waals surface area contributed by atoms with Crippen molar-refractivity contribution in [2.45, 2.75) is 30.1 Å². The molecule has 0 aliphatic heterocycles. The average Bonchev–Trinajstić information content (AvgIpc) is 3.32. The second kappa shape index (κ2) is 7.81. The van der Waals surface area contributed by atoms with Gasteiger partial charge in [-0.2, -0.15) is 0 Å². The molecule has 1 fully saturated rings. The first-order valence-electron chi connectivity index (χ1n) is 8.15. The molecule has 1 aliphatic rings. The summed E-state index contributed by atoms with van der Waals surface area (Å²) in [6, 6.07) is 10.9. The molecule has 7 heteroatoms. The fourth-order valence-electron chi connectivity index (χ4n) is 2.60. The fourth-order valence-corrected chi connectivity index (χ4v) is 3.42. The van der Waals surface area contributed by atoms with E-state index in [1.807, 2.05) is 32.3 Å². The van der Waals surface area contributed by atoms with Gasteiger partial charge in [-0.1, -0.05) is 42.1 Å². The number of amides is 1. The molecule has 1 N–H and O–H groups in total. The number of benzene rings is 1. The highest BCUT2D eigenvalue weighted by molar-refractivity contribution is 7.99. The third kappa shape index (κ3) is 4.36. The lowest BCUT2D eigenvalue weighted by molar-refractivity contribution is -0.118. The van der Waals surface area contributed by atoms with Gasteiger partial charge in [-0.3, -0.25) is 4.79 Å². The smallest absolute Gasteiger partial charge is 0.230 e. The van der Waals surface area contributed by atoms with Crippen LogP contribution >= 0.6 is 11.8 Å². The van der Waals surface area contributed by atoms with Crippen LogP contribution in [-0.4, -0.2) is 52.0 Å². The number of hydrogen-bond donors (Lipinski definition) is 1. The number of carbonyl (C=O) groups is 1. The second-order valence-corrected chi connectivity index (χ2v) is 7.18. The molecule has 0 bridgehead atoms. The summed E-state index contributed by atoms with van der Waals surface area (Å²) in [4.78, 5) is 14.3. The van der Waals surface area contributed by atoms with Crippen LogP contribution in [0, 0.1) is 0 Å². The third-order valence-electron chi connectivity index (χ3n) is 4.11. The molecule has 1 aliphatic carbocycles.